The predicted octanol–water partition coefficient (Wildman–Crippen LogP) is 4.75. The van der Waals surface area contributed by atoms with E-state index < -0.39 is 10.0 Å². The number of nitrogens with zero attached hydrogens (tertiary/aromatic N) is 1. The summed E-state index contributed by atoms with van der Waals surface area (Å²) in [6.45, 7) is 4.76. The van der Waals surface area contributed by atoms with Gasteiger partial charge in [0.2, 0.25) is 15.9 Å². The minimum absolute atomic E-state index is 0.00630. The molecule has 0 bridgehead atoms. The summed E-state index contributed by atoms with van der Waals surface area (Å²) in [6, 6.07) is 25.5. The van der Waals surface area contributed by atoms with Gasteiger partial charge in [0.15, 0.2) is 0 Å². The summed E-state index contributed by atoms with van der Waals surface area (Å²) in [5.74, 6) is -0.235. The van der Waals surface area contributed by atoms with Crippen LogP contribution in [0.25, 0.3) is 0 Å². The Hall–Kier alpha value is -2.96. The Morgan fingerprint density at radius 3 is 1.97 bits per heavy atom. The molecule has 1 amide bonds. The second-order valence-electron chi connectivity index (χ2n) is 9.18. The highest BCUT2D eigenvalue weighted by Crippen LogP contribution is 2.26. The molecule has 1 aliphatic heterocycles. The lowest BCUT2D eigenvalue weighted by molar-refractivity contribution is -0.126. The van der Waals surface area contributed by atoms with E-state index in [1.165, 1.54) is 9.87 Å². The number of hydrogen-bond acceptors (Lipinski definition) is 3. The van der Waals surface area contributed by atoms with Crippen molar-refractivity contribution in [3.8, 4) is 0 Å². The number of carbonyl (C=O) groups is 1. The van der Waals surface area contributed by atoms with Crippen LogP contribution < -0.4 is 5.32 Å². The van der Waals surface area contributed by atoms with E-state index in [4.69, 9.17) is 0 Å². The Morgan fingerprint density at radius 1 is 0.853 bits per heavy atom. The van der Waals surface area contributed by atoms with Crippen LogP contribution in [-0.2, 0) is 20.6 Å². The molecule has 0 aliphatic carbocycles. The largest absolute Gasteiger partial charge is 0.345 e. The van der Waals surface area contributed by atoms with Crippen LogP contribution in [0.3, 0.4) is 0 Å². The zero-order chi connectivity index (χ0) is 24.1. The molecule has 0 saturated carbocycles. The minimum Gasteiger partial charge on any atom is -0.345 e. The van der Waals surface area contributed by atoms with Gasteiger partial charge in [-0.25, -0.2) is 12.7 Å². The van der Waals surface area contributed by atoms with Crippen LogP contribution in [-0.4, -0.2) is 31.7 Å². The molecule has 0 radical (unpaired) electrons. The fourth-order valence-electron chi connectivity index (χ4n) is 4.41. The van der Waals surface area contributed by atoms with E-state index in [1.807, 2.05) is 80.6 Å². The molecule has 34 heavy (non-hydrogen) atoms. The van der Waals surface area contributed by atoms with Crippen molar-refractivity contribution in [3.05, 3.63) is 107 Å². The second-order valence-corrected chi connectivity index (χ2v) is 11.1. The molecule has 5 nitrogen and oxygen atoms in total. The number of carbonyl (C=O) groups excluding carboxylic acids is 1. The summed E-state index contributed by atoms with van der Waals surface area (Å²) in [6.07, 6.45) is 1.04. The van der Waals surface area contributed by atoms with Crippen LogP contribution in [0.4, 0.5) is 0 Å². The highest BCUT2D eigenvalue weighted by Gasteiger charge is 2.32. The van der Waals surface area contributed by atoms with Crippen molar-refractivity contribution in [2.45, 2.75) is 38.5 Å². The van der Waals surface area contributed by atoms with E-state index >= 15 is 0 Å². The zero-order valence-corrected chi connectivity index (χ0v) is 20.6. The molecule has 3 aromatic rings. The average molecular weight is 477 g/mol. The average Bonchev–Trinajstić information content (AvgIpc) is 2.85. The van der Waals surface area contributed by atoms with E-state index in [-0.39, 0.29) is 23.6 Å². The van der Waals surface area contributed by atoms with E-state index in [9.17, 15) is 13.2 Å². The monoisotopic (exact) mass is 476 g/mol. The predicted molar refractivity (Wildman–Crippen MR) is 136 cm³/mol. The molecule has 1 fully saturated rings. The van der Waals surface area contributed by atoms with Gasteiger partial charge in [-0.3, -0.25) is 4.79 Å². The van der Waals surface area contributed by atoms with Crippen LogP contribution >= 0.6 is 0 Å². The van der Waals surface area contributed by atoms with Crippen molar-refractivity contribution in [1.29, 1.82) is 0 Å². The molecular weight excluding hydrogens is 444 g/mol. The van der Waals surface area contributed by atoms with E-state index in [0.717, 1.165) is 22.3 Å². The smallest absolute Gasteiger partial charge is 0.223 e. The molecule has 6 heteroatoms. The number of hydrogen-bond donors (Lipinski definition) is 1. The minimum atomic E-state index is -3.41. The lowest BCUT2D eigenvalue weighted by Crippen LogP contribution is -2.44. The molecular formula is C28H32N2O3S. The maximum absolute atomic E-state index is 13.2. The highest BCUT2D eigenvalue weighted by molar-refractivity contribution is 7.88. The van der Waals surface area contributed by atoms with Crippen LogP contribution in [0, 0.1) is 19.8 Å². The van der Waals surface area contributed by atoms with E-state index in [2.05, 4.69) is 17.4 Å². The third kappa shape index (κ3) is 5.93. The van der Waals surface area contributed by atoms with Crippen molar-refractivity contribution in [2.24, 2.45) is 5.92 Å². The molecule has 3 aromatic carbocycles. The fourth-order valence-corrected chi connectivity index (χ4v) is 5.97. The Kier molecular flexibility index (Phi) is 7.49. The van der Waals surface area contributed by atoms with Crippen LogP contribution in [0.5, 0.6) is 0 Å². The third-order valence-electron chi connectivity index (χ3n) is 6.52. The quantitative estimate of drug-likeness (QED) is 0.535. The van der Waals surface area contributed by atoms with Crippen molar-refractivity contribution in [2.75, 3.05) is 13.1 Å². The highest BCUT2D eigenvalue weighted by atomic mass is 32.2. The molecule has 0 spiro atoms. The second kappa shape index (κ2) is 10.5. The number of rotatable bonds is 7. The Balaban J connectivity index is 1.40. The first-order valence-electron chi connectivity index (χ1n) is 11.8. The van der Waals surface area contributed by atoms with Gasteiger partial charge in [0, 0.05) is 19.0 Å². The van der Waals surface area contributed by atoms with Gasteiger partial charge >= 0.3 is 0 Å². The molecule has 0 aromatic heterocycles. The van der Waals surface area contributed by atoms with Crippen LogP contribution in [0.1, 0.15) is 46.7 Å². The SMILES string of the molecule is Cc1ccc(CS(=O)(=O)N2CCC(C(=O)NC(c3ccccc3)c3ccc(C)cc3)CC2)cc1. The van der Waals surface area contributed by atoms with Crippen molar-refractivity contribution in [3.63, 3.8) is 0 Å². The molecule has 4 rings (SSSR count). The lowest BCUT2D eigenvalue weighted by atomic mass is 9.94. The van der Waals surface area contributed by atoms with Gasteiger partial charge in [0.25, 0.3) is 0 Å². The maximum atomic E-state index is 13.2. The number of piperidine rings is 1. The summed E-state index contributed by atoms with van der Waals surface area (Å²) in [5, 5.41) is 3.23. The standard InChI is InChI=1S/C28H32N2O3S/c1-21-8-12-23(13-9-21)20-34(32,33)30-18-16-26(17-19-30)28(31)29-27(24-6-4-3-5-7-24)25-14-10-22(2)11-15-25/h3-15,26-27H,16-20H2,1-2H3,(H,29,31). The van der Waals surface area contributed by atoms with Gasteiger partial charge in [-0.05, 0) is 43.4 Å². The normalized spacial score (nSPS) is 16.2. The Labute approximate surface area is 202 Å². The lowest BCUT2D eigenvalue weighted by Gasteiger charge is -2.31. The molecule has 1 atom stereocenters. The van der Waals surface area contributed by atoms with Crippen molar-refractivity contribution < 1.29 is 13.2 Å². The molecule has 1 saturated heterocycles. The first kappa shape index (κ1) is 24.2. The molecule has 1 unspecified atom stereocenters. The van der Waals surface area contributed by atoms with Crippen LogP contribution in [0.15, 0.2) is 78.9 Å². The van der Waals surface area contributed by atoms with Crippen LogP contribution in [0.2, 0.25) is 0 Å². The molecule has 1 heterocycles. The number of aryl methyl sites for hydroxylation is 2. The maximum Gasteiger partial charge on any atom is 0.223 e. The van der Waals surface area contributed by atoms with Gasteiger partial charge < -0.3 is 5.32 Å². The Morgan fingerprint density at radius 2 is 1.38 bits per heavy atom. The zero-order valence-electron chi connectivity index (χ0n) is 19.8. The van der Waals surface area contributed by atoms with Gasteiger partial charge in [0.1, 0.15) is 0 Å². The third-order valence-corrected chi connectivity index (χ3v) is 8.37. The summed E-state index contributed by atoms with van der Waals surface area (Å²) in [5.41, 5.74) is 5.11. The molecule has 178 valence electrons. The Bertz CT molecular complexity index is 1200. The van der Waals surface area contributed by atoms with Gasteiger partial charge in [-0.15, -0.1) is 0 Å². The summed E-state index contributed by atoms with van der Waals surface area (Å²) in [4.78, 5) is 13.2. The summed E-state index contributed by atoms with van der Waals surface area (Å²) >= 11 is 0. The summed E-state index contributed by atoms with van der Waals surface area (Å²) in [7, 11) is -3.41. The van der Waals surface area contributed by atoms with E-state index in [1.54, 1.807) is 0 Å². The molecule has 1 N–H and O–H groups in total. The summed E-state index contributed by atoms with van der Waals surface area (Å²) < 4.78 is 27.4. The number of amides is 1. The topological polar surface area (TPSA) is 66.5 Å². The van der Waals surface area contributed by atoms with Crippen molar-refractivity contribution >= 4 is 15.9 Å². The number of nitrogens with one attached hydrogen (secondary N) is 1. The number of benzene rings is 3. The fraction of sp³-hybridized carbons (Fsp3) is 0.321. The van der Waals surface area contributed by atoms with Gasteiger partial charge in [0.05, 0.1) is 11.8 Å². The molecule has 1 aliphatic rings. The first-order valence-corrected chi connectivity index (χ1v) is 13.4. The van der Waals surface area contributed by atoms with Crippen molar-refractivity contribution in [1.82, 2.24) is 9.62 Å². The van der Waals surface area contributed by atoms with Gasteiger partial charge in [-0.2, -0.15) is 0 Å². The number of sulfonamides is 1. The van der Waals surface area contributed by atoms with Gasteiger partial charge in [-0.1, -0.05) is 90.0 Å². The van der Waals surface area contributed by atoms with E-state index in [0.29, 0.717) is 25.9 Å². The first-order chi connectivity index (χ1) is 16.3.